The van der Waals surface area contributed by atoms with Crippen LogP contribution in [0.4, 0.5) is 0 Å². The smallest absolute Gasteiger partial charge is 0.252 e. The molecule has 1 rings (SSSR count). The highest BCUT2D eigenvalue weighted by Crippen LogP contribution is 2.22. The lowest BCUT2D eigenvalue weighted by Gasteiger charge is -2.41. The highest BCUT2D eigenvalue weighted by molar-refractivity contribution is 6.04. The van der Waals surface area contributed by atoms with Gasteiger partial charge in [0.05, 0.1) is 18.8 Å². The van der Waals surface area contributed by atoms with E-state index in [1.807, 2.05) is 11.9 Å². The molecule has 0 aromatic carbocycles. The minimum Gasteiger partial charge on any atom is -0.400 e. The third kappa shape index (κ3) is 6.88. The van der Waals surface area contributed by atoms with Crippen molar-refractivity contribution in [3.8, 4) is 0 Å². The second-order valence-electron chi connectivity index (χ2n) is 7.78. The Morgan fingerprint density at radius 1 is 1.22 bits per heavy atom. The van der Waals surface area contributed by atoms with Gasteiger partial charge < -0.3 is 19.9 Å². The van der Waals surface area contributed by atoms with Crippen LogP contribution in [-0.2, 0) is 23.8 Å². The lowest BCUT2D eigenvalue weighted by molar-refractivity contribution is -0.137. The second kappa shape index (κ2) is 10.2. The van der Waals surface area contributed by atoms with Crippen molar-refractivity contribution in [3.05, 3.63) is 11.8 Å². The van der Waals surface area contributed by atoms with E-state index in [2.05, 4.69) is 5.32 Å². The van der Waals surface area contributed by atoms with E-state index < -0.39 is 17.0 Å². The Morgan fingerprint density at radius 3 is 2.37 bits per heavy atom. The number of hydrogen-bond acceptors (Lipinski definition) is 7. The van der Waals surface area contributed by atoms with Crippen molar-refractivity contribution in [1.29, 1.82) is 0 Å². The van der Waals surface area contributed by atoms with Crippen LogP contribution in [0.25, 0.3) is 0 Å². The van der Waals surface area contributed by atoms with Gasteiger partial charge in [0.2, 0.25) is 5.91 Å². The molecule has 1 heterocycles. The second-order valence-corrected chi connectivity index (χ2v) is 7.78. The number of carbonyl (C=O) groups is 2. The predicted molar refractivity (Wildman–Crippen MR) is 103 cm³/mol. The van der Waals surface area contributed by atoms with Gasteiger partial charge in [-0.1, -0.05) is 0 Å². The number of amides is 2. The zero-order chi connectivity index (χ0) is 20.7. The third-order valence-corrected chi connectivity index (χ3v) is 5.14. The first-order valence-corrected chi connectivity index (χ1v) is 9.29. The average Bonchev–Trinajstić information content (AvgIpc) is 2.61. The van der Waals surface area contributed by atoms with E-state index in [-0.39, 0.29) is 17.6 Å². The molecule has 1 saturated heterocycles. The topological polar surface area (TPSA) is 103 Å². The lowest BCUT2D eigenvalue weighted by Crippen LogP contribution is -2.58. The highest BCUT2D eigenvalue weighted by Gasteiger charge is 2.37. The van der Waals surface area contributed by atoms with E-state index in [4.69, 9.17) is 19.9 Å². The number of rotatable bonds is 9. The first-order valence-electron chi connectivity index (χ1n) is 9.29. The van der Waals surface area contributed by atoms with E-state index in [9.17, 15) is 9.59 Å². The summed E-state index contributed by atoms with van der Waals surface area (Å²) in [4.78, 5) is 27.0. The molecule has 0 radical (unpaired) electrons. The van der Waals surface area contributed by atoms with E-state index in [1.165, 1.54) is 6.08 Å². The van der Waals surface area contributed by atoms with Gasteiger partial charge in [0.25, 0.3) is 5.91 Å². The molecule has 0 aliphatic carbocycles. The Kier molecular flexibility index (Phi) is 8.87. The number of nitrogens with two attached hydrogens (primary N) is 1. The summed E-state index contributed by atoms with van der Waals surface area (Å²) < 4.78 is 15.9. The van der Waals surface area contributed by atoms with Gasteiger partial charge in [-0.05, 0) is 47.6 Å². The predicted octanol–water partition coefficient (Wildman–Crippen LogP) is 0.803. The number of nitrogens with one attached hydrogen (secondary N) is 1. The minimum atomic E-state index is -0.843. The maximum atomic E-state index is 12.7. The van der Waals surface area contributed by atoms with Gasteiger partial charge in [-0.3, -0.25) is 19.8 Å². The molecule has 8 heteroatoms. The molecule has 1 fully saturated rings. The zero-order valence-corrected chi connectivity index (χ0v) is 17.5. The maximum absolute atomic E-state index is 12.7. The molecule has 0 unspecified atom stereocenters. The summed E-state index contributed by atoms with van der Waals surface area (Å²) in [5.41, 5.74) is 4.55. The molecular formula is C19H35N3O5. The number of methoxy groups -OCH3 is 1. The normalized spacial score (nSPS) is 17.2. The molecule has 1 aliphatic heterocycles. The van der Waals surface area contributed by atoms with Crippen LogP contribution in [0.5, 0.6) is 0 Å². The van der Waals surface area contributed by atoms with Gasteiger partial charge >= 0.3 is 0 Å². The molecule has 0 aromatic rings. The minimum absolute atomic E-state index is 0.236. The Morgan fingerprint density at radius 2 is 1.81 bits per heavy atom. The standard InChI is InChI=1S/C19H35N3O5/c1-18(2,22(5)14-7-9-26-10-8-14)17(24)21-16(23)13-15(20)19(3,4)27-12-11-25-6/h13-14H,7-12,20H2,1-6H3,(H,21,23,24). The number of likely N-dealkylation sites (N-methyl/N-ethyl adjacent to an activating group) is 1. The van der Waals surface area contributed by atoms with E-state index in [0.29, 0.717) is 26.4 Å². The number of nitrogens with zero attached hydrogens (tertiary/aromatic N) is 1. The van der Waals surface area contributed by atoms with Crippen molar-refractivity contribution in [1.82, 2.24) is 10.2 Å². The van der Waals surface area contributed by atoms with Gasteiger partial charge in [-0.2, -0.15) is 0 Å². The van der Waals surface area contributed by atoms with Crippen LogP contribution >= 0.6 is 0 Å². The number of imide groups is 1. The van der Waals surface area contributed by atoms with Crippen LogP contribution < -0.4 is 11.1 Å². The zero-order valence-electron chi connectivity index (χ0n) is 17.5. The van der Waals surface area contributed by atoms with Crippen LogP contribution in [0, 0.1) is 0 Å². The maximum Gasteiger partial charge on any atom is 0.252 e. The fourth-order valence-electron chi connectivity index (χ4n) is 2.77. The van der Waals surface area contributed by atoms with Gasteiger partial charge in [0.1, 0.15) is 5.60 Å². The van der Waals surface area contributed by atoms with Crippen LogP contribution in [0.3, 0.4) is 0 Å². The highest BCUT2D eigenvalue weighted by atomic mass is 16.5. The molecule has 2 amide bonds. The summed E-state index contributed by atoms with van der Waals surface area (Å²) in [6, 6.07) is 0.239. The number of ether oxygens (including phenoxy) is 3. The first-order chi connectivity index (χ1) is 12.5. The molecule has 3 N–H and O–H groups in total. The fraction of sp³-hybridized carbons (Fsp3) is 0.789. The lowest BCUT2D eigenvalue weighted by atomic mass is 9.96. The summed E-state index contributed by atoms with van der Waals surface area (Å²) >= 11 is 0. The molecule has 0 atom stereocenters. The Hall–Kier alpha value is -1.48. The van der Waals surface area contributed by atoms with Crippen molar-refractivity contribution in [2.75, 3.05) is 40.6 Å². The van der Waals surface area contributed by atoms with E-state index >= 15 is 0 Å². The Balaban J connectivity index is 2.69. The van der Waals surface area contributed by atoms with E-state index in [1.54, 1.807) is 34.8 Å². The average molecular weight is 386 g/mol. The van der Waals surface area contributed by atoms with Crippen LogP contribution in [0.1, 0.15) is 40.5 Å². The summed E-state index contributed by atoms with van der Waals surface area (Å²) in [6.07, 6.45) is 2.93. The number of hydrogen-bond donors (Lipinski definition) is 2. The fourth-order valence-corrected chi connectivity index (χ4v) is 2.77. The van der Waals surface area contributed by atoms with Gasteiger partial charge in [-0.15, -0.1) is 0 Å². The van der Waals surface area contributed by atoms with Crippen molar-refractivity contribution < 1.29 is 23.8 Å². The quantitative estimate of drug-likeness (QED) is 0.447. The molecular weight excluding hydrogens is 350 g/mol. The molecule has 0 saturated carbocycles. The molecule has 0 aromatic heterocycles. The van der Waals surface area contributed by atoms with Gasteiger partial charge in [0, 0.05) is 38.1 Å². The van der Waals surface area contributed by atoms with Gasteiger partial charge in [0.15, 0.2) is 0 Å². The number of carbonyl (C=O) groups excluding carboxylic acids is 2. The van der Waals surface area contributed by atoms with Crippen LogP contribution in [0.2, 0.25) is 0 Å². The summed E-state index contributed by atoms with van der Waals surface area (Å²) in [5.74, 6) is -0.932. The molecule has 8 nitrogen and oxygen atoms in total. The SMILES string of the molecule is COCCOC(C)(C)C(N)=CC(=O)NC(=O)C(C)(C)N(C)C1CCOCC1. The summed E-state index contributed by atoms with van der Waals surface area (Å²) in [5, 5.41) is 2.42. The van der Waals surface area contributed by atoms with Crippen molar-refractivity contribution in [2.24, 2.45) is 5.73 Å². The summed E-state index contributed by atoms with van der Waals surface area (Å²) in [6.45, 7) is 9.26. The Bertz CT molecular complexity index is 539. The first kappa shape index (κ1) is 23.6. The van der Waals surface area contributed by atoms with Crippen LogP contribution in [-0.4, -0.2) is 74.5 Å². The molecule has 27 heavy (non-hydrogen) atoms. The molecule has 156 valence electrons. The van der Waals surface area contributed by atoms with E-state index in [0.717, 1.165) is 12.8 Å². The molecule has 0 bridgehead atoms. The molecule has 1 aliphatic rings. The van der Waals surface area contributed by atoms with Crippen LogP contribution in [0.15, 0.2) is 11.8 Å². The monoisotopic (exact) mass is 385 g/mol. The third-order valence-electron chi connectivity index (χ3n) is 5.14. The van der Waals surface area contributed by atoms with Crippen molar-refractivity contribution in [2.45, 2.75) is 57.7 Å². The molecule has 0 spiro atoms. The van der Waals surface area contributed by atoms with Gasteiger partial charge in [-0.25, -0.2) is 0 Å². The van der Waals surface area contributed by atoms with Crippen molar-refractivity contribution >= 4 is 11.8 Å². The van der Waals surface area contributed by atoms with Crippen molar-refractivity contribution in [3.63, 3.8) is 0 Å². The largest absolute Gasteiger partial charge is 0.400 e. The Labute approximate surface area is 162 Å². The summed E-state index contributed by atoms with van der Waals surface area (Å²) in [7, 11) is 3.48.